The molecule has 1 aliphatic heterocycles. The number of aryl methyl sites for hydroxylation is 1. The van der Waals surface area contributed by atoms with Gasteiger partial charge in [-0.1, -0.05) is 6.07 Å². The Bertz CT molecular complexity index is 636. The number of anilines is 1. The molecule has 0 radical (unpaired) electrons. The van der Waals surface area contributed by atoms with Crippen LogP contribution in [0.4, 0.5) is 5.82 Å². The molecule has 1 saturated heterocycles. The van der Waals surface area contributed by atoms with Crippen LogP contribution in [0.3, 0.4) is 0 Å². The normalized spacial score (nSPS) is 20.8. The average Bonchev–Trinajstić information content (AvgIpc) is 3.57. The summed E-state index contributed by atoms with van der Waals surface area (Å²) < 4.78 is 0. The summed E-state index contributed by atoms with van der Waals surface area (Å²) in [5.74, 6) is 4.92. The Morgan fingerprint density at radius 2 is 1.82 bits per heavy atom. The van der Waals surface area contributed by atoms with E-state index >= 15 is 0 Å². The van der Waals surface area contributed by atoms with Crippen LogP contribution in [-0.4, -0.2) is 43.2 Å². The van der Waals surface area contributed by atoms with E-state index in [1.165, 1.54) is 25.7 Å². The lowest BCUT2D eigenvalue weighted by Crippen LogP contribution is -2.49. The van der Waals surface area contributed by atoms with Crippen molar-refractivity contribution in [1.29, 1.82) is 0 Å². The highest BCUT2D eigenvalue weighted by atomic mass is 127. The summed E-state index contributed by atoms with van der Waals surface area (Å²) in [5.41, 5.74) is 1.09. The maximum atomic E-state index is 4.99. The quantitative estimate of drug-likeness (QED) is 0.340. The number of nitrogens with one attached hydrogen (secondary N) is 2. The number of piperidine rings is 1. The molecular weight excluding hydrogens is 461 g/mol. The molecule has 0 bridgehead atoms. The predicted molar refractivity (Wildman–Crippen MR) is 128 cm³/mol. The Morgan fingerprint density at radius 3 is 2.39 bits per heavy atom. The molecule has 0 amide bonds. The number of nitrogens with zero attached hydrogens (tertiary/aromatic N) is 3. The van der Waals surface area contributed by atoms with Crippen molar-refractivity contribution in [2.24, 2.45) is 22.7 Å². The van der Waals surface area contributed by atoms with E-state index in [0.717, 1.165) is 74.2 Å². The lowest BCUT2D eigenvalue weighted by Gasteiger charge is -2.34. The van der Waals surface area contributed by atoms with Gasteiger partial charge in [-0.3, -0.25) is 4.99 Å². The second-order valence-electron chi connectivity index (χ2n) is 8.60. The number of aliphatic imine (C=N–C) groups is 1. The van der Waals surface area contributed by atoms with E-state index in [-0.39, 0.29) is 24.0 Å². The molecule has 0 spiro atoms. The summed E-state index contributed by atoms with van der Waals surface area (Å²) >= 11 is 0. The Kier molecular flexibility index (Phi) is 7.83. The van der Waals surface area contributed by atoms with Gasteiger partial charge < -0.3 is 15.5 Å². The fourth-order valence-electron chi connectivity index (χ4n) is 4.40. The van der Waals surface area contributed by atoms with Crippen molar-refractivity contribution in [3.05, 3.63) is 23.9 Å². The van der Waals surface area contributed by atoms with Gasteiger partial charge in [0.05, 0.1) is 0 Å². The van der Waals surface area contributed by atoms with Crippen molar-refractivity contribution in [3.8, 4) is 0 Å². The van der Waals surface area contributed by atoms with Crippen molar-refractivity contribution in [1.82, 2.24) is 15.6 Å². The van der Waals surface area contributed by atoms with Crippen LogP contribution in [0.2, 0.25) is 0 Å². The van der Waals surface area contributed by atoms with Crippen molar-refractivity contribution < 1.29 is 0 Å². The zero-order chi connectivity index (χ0) is 18.6. The SMILES string of the molecule is CCNC(=NCC(C1CC1)C1CC1)NC1CCN(c2cccc(C)n2)CC1.I. The van der Waals surface area contributed by atoms with Gasteiger partial charge >= 0.3 is 0 Å². The summed E-state index contributed by atoms with van der Waals surface area (Å²) in [6, 6.07) is 6.80. The standard InChI is InChI=1S/C22H35N5.HI/c1-3-23-22(24-15-20(17-7-8-17)18-9-10-18)26-19-11-13-27(14-12-19)21-6-4-5-16(2)25-21;/h4-6,17-20H,3,7-15H2,1-2H3,(H2,23,24,26);1H. The van der Waals surface area contributed by atoms with E-state index < -0.39 is 0 Å². The Balaban J connectivity index is 0.00000225. The van der Waals surface area contributed by atoms with Crippen molar-refractivity contribution in [2.75, 3.05) is 31.1 Å². The molecule has 3 aliphatic rings. The zero-order valence-electron chi connectivity index (χ0n) is 17.4. The van der Waals surface area contributed by atoms with E-state index in [2.05, 4.69) is 52.6 Å². The van der Waals surface area contributed by atoms with Crippen LogP contribution in [0, 0.1) is 24.7 Å². The first-order valence-corrected chi connectivity index (χ1v) is 11.0. The number of pyridine rings is 1. The molecular formula is C22H36IN5. The maximum Gasteiger partial charge on any atom is 0.191 e. The van der Waals surface area contributed by atoms with E-state index in [4.69, 9.17) is 4.99 Å². The lowest BCUT2D eigenvalue weighted by atomic mass is 9.98. The zero-order valence-corrected chi connectivity index (χ0v) is 19.7. The summed E-state index contributed by atoms with van der Waals surface area (Å²) in [6.45, 7) is 8.27. The van der Waals surface area contributed by atoms with Crippen LogP contribution in [0.1, 0.15) is 51.1 Å². The molecule has 2 aliphatic carbocycles. The van der Waals surface area contributed by atoms with Gasteiger partial charge in [-0.2, -0.15) is 0 Å². The number of hydrogen-bond acceptors (Lipinski definition) is 3. The van der Waals surface area contributed by atoms with Gasteiger partial charge in [0.2, 0.25) is 0 Å². The average molecular weight is 497 g/mol. The number of guanidine groups is 1. The van der Waals surface area contributed by atoms with Crippen LogP contribution >= 0.6 is 24.0 Å². The molecule has 5 nitrogen and oxygen atoms in total. The molecule has 0 atom stereocenters. The first-order chi connectivity index (χ1) is 13.2. The summed E-state index contributed by atoms with van der Waals surface area (Å²) in [4.78, 5) is 12.1. The van der Waals surface area contributed by atoms with Crippen molar-refractivity contribution in [3.63, 3.8) is 0 Å². The third-order valence-electron chi connectivity index (χ3n) is 6.29. The molecule has 2 heterocycles. The van der Waals surface area contributed by atoms with Gasteiger partial charge in [0.15, 0.2) is 5.96 Å². The first kappa shape index (κ1) is 21.7. The molecule has 1 aromatic rings. The molecule has 1 aromatic heterocycles. The van der Waals surface area contributed by atoms with Gasteiger partial charge in [0.1, 0.15) is 5.82 Å². The number of hydrogen-bond donors (Lipinski definition) is 2. The number of rotatable bonds is 7. The first-order valence-electron chi connectivity index (χ1n) is 11.0. The number of halogens is 1. The molecule has 3 fully saturated rings. The topological polar surface area (TPSA) is 52.6 Å². The summed E-state index contributed by atoms with van der Waals surface area (Å²) in [5, 5.41) is 7.17. The second kappa shape index (κ2) is 10.1. The summed E-state index contributed by atoms with van der Waals surface area (Å²) in [6.07, 6.45) is 8.01. The van der Waals surface area contributed by atoms with E-state index in [0.29, 0.717) is 6.04 Å². The highest BCUT2D eigenvalue weighted by Gasteiger charge is 2.41. The summed E-state index contributed by atoms with van der Waals surface area (Å²) in [7, 11) is 0. The largest absolute Gasteiger partial charge is 0.357 e. The third-order valence-corrected chi connectivity index (χ3v) is 6.29. The minimum absolute atomic E-state index is 0. The fraction of sp³-hybridized carbons (Fsp3) is 0.727. The van der Waals surface area contributed by atoms with Gasteiger partial charge in [-0.15, -0.1) is 24.0 Å². The van der Waals surface area contributed by atoms with Crippen LogP contribution in [0.25, 0.3) is 0 Å². The predicted octanol–water partition coefficient (Wildman–Crippen LogP) is 3.97. The molecule has 4 rings (SSSR count). The van der Waals surface area contributed by atoms with Crippen LogP contribution in [0.5, 0.6) is 0 Å². The fourth-order valence-corrected chi connectivity index (χ4v) is 4.40. The highest BCUT2D eigenvalue weighted by Crippen LogP contribution is 2.49. The second-order valence-corrected chi connectivity index (χ2v) is 8.60. The molecule has 0 unspecified atom stereocenters. The van der Waals surface area contributed by atoms with Gasteiger partial charge in [0.25, 0.3) is 0 Å². The van der Waals surface area contributed by atoms with Crippen molar-refractivity contribution in [2.45, 2.75) is 58.4 Å². The molecule has 156 valence electrons. The Morgan fingerprint density at radius 1 is 1.14 bits per heavy atom. The molecule has 2 N–H and O–H groups in total. The van der Waals surface area contributed by atoms with E-state index in [1.54, 1.807) is 0 Å². The minimum atomic E-state index is 0. The lowest BCUT2D eigenvalue weighted by molar-refractivity contribution is 0.414. The maximum absolute atomic E-state index is 4.99. The third kappa shape index (κ3) is 5.97. The van der Waals surface area contributed by atoms with Gasteiger partial charge in [0, 0.05) is 37.9 Å². The minimum Gasteiger partial charge on any atom is -0.357 e. The van der Waals surface area contributed by atoms with E-state index in [9.17, 15) is 0 Å². The van der Waals surface area contributed by atoms with Gasteiger partial charge in [-0.25, -0.2) is 4.98 Å². The molecule has 28 heavy (non-hydrogen) atoms. The number of aromatic nitrogens is 1. The monoisotopic (exact) mass is 497 g/mol. The molecule has 2 saturated carbocycles. The smallest absolute Gasteiger partial charge is 0.191 e. The van der Waals surface area contributed by atoms with Gasteiger partial charge in [-0.05, 0) is 82.3 Å². The molecule has 6 heteroatoms. The van der Waals surface area contributed by atoms with Crippen LogP contribution in [-0.2, 0) is 0 Å². The highest BCUT2D eigenvalue weighted by molar-refractivity contribution is 14.0. The van der Waals surface area contributed by atoms with E-state index in [1.807, 2.05) is 0 Å². The van der Waals surface area contributed by atoms with Crippen LogP contribution < -0.4 is 15.5 Å². The van der Waals surface area contributed by atoms with Crippen LogP contribution in [0.15, 0.2) is 23.2 Å². The van der Waals surface area contributed by atoms with Crippen molar-refractivity contribution >= 4 is 35.8 Å². The molecule has 0 aromatic carbocycles. The Labute approximate surface area is 187 Å². The Hall–Kier alpha value is -1.05.